The summed E-state index contributed by atoms with van der Waals surface area (Å²) >= 11 is 0. The van der Waals surface area contributed by atoms with Crippen LogP contribution < -0.4 is 5.32 Å². The van der Waals surface area contributed by atoms with E-state index in [0.29, 0.717) is 0 Å². The fourth-order valence-corrected chi connectivity index (χ4v) is 2.09. The maximum atomic E-state index is 4.54. The third-order valence-corrected chi connectivity index (χ3v) is 2.90. The number of hydrogen-bond donors (Lipinski definition) is 1. The standard InChI is InChI=1S/C16H14N2/c1-12-11-16(18-13-7-3-2-4-8-13)14-9-5-6-10-15(14)17-12/h2-11H,1H3,(H,17,18). The normalized spacial score (nSPS) is 10.5. The molecule has 0 radical (unpaired) electrons. The molecule has 0 bridgehead atoms. The summed E-state index contributed by atoms with van der Waals surface area (Å²) in [4.78, 5) is 4.54. The first kappa shape index (κ1) is 10.8. The van der Waals surface area contributed by atoms with Crippen LogP contribution in [0.25, 0.3) is 10.9 Å². The summed E-state index contributed by atoms with van der Waals surface area (Å²) < 4.78 is 0. The molecule has 1 heterocycles. The maximum Gasteiger partial charge on any atom is 0.0726 e. The van der Waals surface area contributed by atoms with Gasteiger partial charge in [-0.1, -0.05) is 36.4 Å². The summed E-state index contributed by atoms with van der Waals surface area (Å²) in [6.45, 7) is 2.02. The lowest BCUT2D eigenvalue weighted by molar-refractivity contribution is 1.25. The Morgan fingerprint density at radius 1 is 0.889 bits per heavy atom. The van der Waals surface area contributed by atoms with Crippen molar-refractivity contribution in [2.75, 3.05) is 5.32 Å². The van der Waals surface area contributed by atoms with Crippen LogP contribution >= 0.6 is 0 Å². The summed E-state index contributed by atoms with van der Waals surface area (Å²) in [6, 6.07) is 20.4. The minimum atomic E-state index is 1.02. The molecule has 2 heteroatoms. The zero-order valence-electron chi connectivity index (χ0n) is 10.2. The van der Waals surface area contributed by atoms with E-state index in [9.17, 15) is 0 Å². The van der Waals surface area contributed by atoms with Gasteiger partial charge in [-0.3, -0.25) is 4.98 Å². The number of pyridine rings is 1. The second kappa shape index (κ2) is 4.49. The Morgan fingerprint density at radius 3 is 2.44 bits per heavy atom. The molecule has 2 nitrogen and oxygen atoms in total. The Hall–Kier alpha value is -2.35. The second-order valence-electron chi connectivity index (χ2n) is 4.32. The van der Waals surface area contributed by atoms with Crippen LogP contribution in [0.5, 0.6) is 0 Å². The molecule has 0 fully saturated rings. The van der Waals surface area contributed by atoms with Gasteiger partial charge in [-0.2, -0.15) is 0 Å². The topological polar surface area (TPSA) is 24.9 Å². The molecule has 0 atom stereocenters. The van der Waals surface area contributed by atoms with Gasteiger partial charge in [0, 0.05) is 22.5 Å². The summed E-state index contributed by atoms with van der Waals surface area (Å²) in [5.41, 5.74) is 4.24. The van der Waals surface area contributed by atoms with Crippen molar-refractivity contribution in [3.63, 3.8) is 0 Å². The van der Waals surface area contributed by atoms with Gasteiger partial charge in [-0.15, -0.1) is 0 Å². The van der Waals surface area contributed by atoms with Crippen molar-refractivity contribution in [1.29, 1.82) is 0 Å². The fourth-order valence-electron chi connectivity index (χ4n) is 2.09. The van der Waals surface area contributed by atoms with Crippen LogP contribution in [0.3, 0.4) is 0 Å². The molecule has 0 aliphatic heterocycles. The molecule has 0 unspecified atom stereocenters. The molecule has 0 spiro atoms. The van der Waals surface area contributed by atoms with Crippen molar-refractivity contribution >= 4 is 22.3 Å². The molecular formula is C16H14N2. The summed E-state index contributed by atoms with van der Waals surface area (Å²) in [5.74, 6) is 0. The number of hydrogen-bond acceptors (Lipinski definition) is 2. The highest BCUT2D eigenvalue weighted by atomic mass is 14.9. The molecule has 2 aromatic carbocycles. The molecular weight excluding hydrogens is 220 g/mol. The van der Waals surface area contributed by atoms with Gasteiger partial charge in [0.1, 0.15) is 0 Å². The minimum Gasteiger partial charge on any atom is -0.355 e. The lowest BCUT2D eigenvalue weighted by Gasteiger charge is -2.10. The molecule has 0 saturated carbocycles. The number of anilines is 2. The van der Waals surface area contributed by atoms with Gasteiger partial charge in [0.05, 0.1) is 5.52 Å². The Morgan fingerprint density at radius 2 is 1.61 bits per heavy atom. The number of para-hydroxylation sites is 2. The van der Waals surface area contributed by atoms with Gasteiger partial charge in [-0.05, 0) is 31.2 Å². The third-order valence-electron chi connectivity index (χ3n) is 2.90. The van der Waals surface area contributed by atoms with E-state index in [2.05, 4.69) is 34.6 Å². The SMILES string of the molecule is Cc1cc(Nc2ccccc2)c2ccccc2n1. The number of benzene rings is 2. The van der Waals surface area contributed by atoms with Gasteiger partial charge in [0.25, 0.3) is 0 Å². The summed E-state index contributed by atoms with van der Waals surface area (Å²) in [7, 11) is 0. The van der Waals surface area contributed by atoms with Crippen LogP contribution in [0.15, 0.2) is 60.7 Å². The van der Waals surface area contributed by atoms with Gasteiger partial charge < -0.3 is 5.32 Å². The first-order valence-corrected chi connectivity index (χ1v) is 6.01. The monoisotopic (exact) mass is 234 g/mol. The predicted octanol–water partition coefficient (Wildman–Crippen LogP) is 4.29. The second-order valence-corrected chi connectivity index (χ2v) is 4.32. The van der Waals surface area contributed by atoms with Crippen molar-refractivity contribution in [1.82, 2.24) is 4.98 Å². The molecule has 3 aromatic rings. The quantitative estimate of drug-likeness (QED) is 0.715. The van der Waals surface area contributed by atoms with E-state index in [1.807, 2.05) is 43.3 Å². The third kappa shape index (κ3) is 2.05. The zero-order valence-corrected chi connectivity index (χ0v) is 10.2. The molecule has 0 aliphatic rings. The van der Waals surface area contributed by atoms with Crippen LogP contribution in [0, 0.1) is 6.92 Å². The van der Waals surface area contributed by atoms with E-state index in [-0.39, 0.29) is 0 Å². The first-order valence-electron chi connectivity index (χ1n) is 6.01. The number of aromatic nitrogens is 1. The largest absolute Gasteiger partial charge is 0.355 e. The van der Waals surface area contributed by atoms with Crippen molar-refractivity contribution in [2.24, 2.45) is 0 Å². The van der Waals surface area contributed by atoms with E-state index < -0.39 is 0 Å². The highest BCUT2D eigenvalue weighted by Crippen LogP contribution is 2.25. The average Bonchev–Trinajstić information content (AvgIpc) is 2.40. The van der Waals surface area contributed by atoms with Crippen molar-refractivity contribution < 1.29 is 0 Å². The minimum absolute atomic E-state index is 1.02. The molecule has 18 heavy (non-hydrogen) atoms. The van der Waals surface area contributed by atoms with Crippen molar-refractivity contribution in [2.45, 2.75) is 6.92 Å². The average molecular weight is 234 g/mol. The Balaban J connectivity index is 2.11. The van der Waals surface area contributed by atoms with E-state index in [0.717, 1.165) is 28.0 Å². The zero-order chi connectivity index (χ0) is 12.4. The molecule has 1 N–H and O–H groups in total. The molecule has 88 valence electrons. The van der Waals surface area contributed by atoms with Gasteiger partial charge >= 0.3 is 0 Å². The smallest absolute Gasteiger partial charge is 0.0726 e. The van der Waals surface area contributed by atoms with Gasteiger partial charge in [-0.25, -0.2) is 0 Å². The number of fused-ring (bicyclic) bond motifs is 1. The number of rotatable bonds is 2. The Kier molecular flexibility index (Phi) is 2.69. The highest BCUT2D eigenvalue weighted by Gasteiger charge is 2.03. The summed E-state index contributed by atoms with van der Waals surface area (Å²) in [5, 5.41) is 4.59. The van der Waals surface area contributed by atoms with Crippen LogP contribution in [0.4, 0.5) is 11.4 Å². The van der Waals surface area contributed by atoms with E-state index in [1.165, 1.54) is 0 Å². The first-order chi connectivity index (χ1) is 8.83. The van der Waals surface area contributed by atoms with Gasteiger partial charge in [0.15, 0.2) is 0 Å². The molecule has 3 rings (SSSR count). The molecule has 0 amide bonds. The number of nitrogens with zero attached hydrogens (tertiary/aromatic N) is 1. The van der Waals surface area contributed by atoms with Crippen molar-refractivity contribution in [3.8, 4) is 0 Å². The van der Waals surface area contributed by atoms with Crippen LogP contribution in [0.1, 0.15) is 5.69 Å². The Bertz CT molecular complexity index is 675. The van der Waals surface area contributed by atoms with Crippen LogP contribution in [-0.2, 0) is 0 Å². The molecule has 1 aromatic heterocycles. The van der Waals surface area contributed by atoms with Gasteiger partial charge in [0.2, 0.25) is 0 Å². The number of nitrogens with one attached hydrogen (secondary N) is 1. The van der Waals surface area contributed by atoms with E-state index in [4.69, 9.17) is 0 Å². The maximum absolute atomic E-state index is 4.54. The lowest BCUT2D eigenvalue weighted by Crippen LogP contribution is -1.94. The fraction of sp³-hybridized carbons (Fsp3) is 0.0625. The highest BCUT2D eigenvalue weighted by molar-refractivity contribution is 5.93. The lowest BCUT2D eigenvalue weighted by atomic mass is 10.1. The Labute approximate surface area is 106 Å². The number of aryl methyl sites for hydroxylation is 1. The van der Waals surface area contributed by atoms with Crippen molar-refractivity contribution in [3.05, 3.63) is 66.4 Å². The summed E-state index contributed by atoms with van der Waals surface area (Å²) in [6.07, 6.45) is 0. The van der Waals surface area contributed by atoms with E-state index >= 15 is 0 Å². The molecule has 0 saturated heterocycles. The van der Waals surface area contributed by atoms with Crippen LogP contribution in [0.2, 0.25) is 0 Å². The molecule has 0 aliphatic carbocycles. The van der Waals surface area contributed by atoms with Crippen LogP contribution in [-0.4, -0.2) is 4.98 Å². The predicted molar refractivity (Wildman–Crippen MR) is 76.2 cm³/mol. The van der Waals surface area contributed by atoms with E-state index in [1.54, 1.807) is 0 Å².